The largest absolute Gasteiger partial charge is 0.335 e. The maximum Gasteiger partial charge on any atom is 0.269 e. The summed E-state index contributed by atoms with van der Waals surface area (Å²) < 4.78 is 53.5. The van der Waals surface area contributed by atoms with Crippen LogP contribution >= 0.6 is 0 Å². The van der Waals surface area contributed by atoms with E-state index in [0.717, 1.165) is 6.07 Å². The molecule has 172 valence electrons. The Bertz CT molecular complexity index is 1310. The van der Waals surface area contributed by atoms with E-state index < -0.39 is 37.5 Å². The quantitative estimate of drug-likeness (QED) is 0.400. The predicted octanol–water partition coefficient (Wildman–Crippen LogP) is 4.51. The number of nitro groups is 1. The van der Waals surface area contributed by atoms with E-state index in [-0.39, 0.29) is 22.8 Å². The van der Waals surface area contributed by atoms with Crippen molar-refractivity contribution in [3.8, 4) is 0 Å². The van der Waals surface area contributed by atoms with E-state index in [2.05, 4.69) is 4.72 Å². The van der Waals surface area contributed by atoms with Crippen LogP contribution in [0.5, 0.6) is 0 Å². The molecular weight excluding hydrogens is 456 g/mol. The van der Waals surface area contributed by atoms with Gasteiger partial charge in [-0.3, -0.25) is 19.6 Å². The van der Waals surface area contributed by atoms with Gasteiger partial charge in [0.25, 0.3) is 21.6 Å². The zero-order chi connectivity index (χ0) is 24.3. The molecule has 0 saturated heterocycles. The topological polar surface area (TPSA) is 110 Å². The van der Waals surface area contributed by atoms with Gasteiger partial charge in [0.2, 0.25) is 0 Å². The fourth-order valence-corrected chi connectivity index (χ4v) is 4.11. The molecule has 0 saturated carbocycles. The number of hydrogen-bond acceptors (Lipinski definition) is 5. The molecule has 0 aliphatic carbocycles. The highest BCUT2D eigenvalue weighted by Gasteiger charge is 2.21. The first kappa shape index (κ1) is 23.8. The van der Waals surface area contributed by atoms with Crippen molar-refractivity contribution in [1.29, 1.82) is 0 Å². The van der Waals surface area contributed by atoms with Crippen LogP contribution in [-0.2, 0) is 10.0 Å². The average Bonchev–Trinajstić information content (AvgIpc) is 2.79. The van der Waals surface area contributed by atoms with Crippen LogP contribution in [0.15, 0.2) is 71.6 Å². The van der Waals surface area contributed by atoms with Gasteiger partial charge in [-0.2, -0.15) is 0 Å². The van der Waals surface area contributed by atoms with Gasteiger partial charge < -0.3 is 4.90 Å². The van der Waals surface area contributed by atoms with Crippen LogP contribution in [0.1, 0.15) is 28.9 Å². The number of sulfonamides is 1. The Morgan fingerprint density at radius 3 is 2.30 bits per heavy atom. The number of hydrogen-bond donors (Lipinski definition) is 1. The fourth-order valence-electron chi connectivity index (χ4n) is 3.04. The lowest BCUT2D eigenvalue weighted by molar-refractivity contribution is -0.384. The van der Waals surface area contributed by atoms with Gasteiger partial charge in [0, 0.05) is 30.4 Å². The molecule has 8 nitrogen and oxygen atoms in total. The van der Waals surface area contributed by atoms with Gasteiger partial charge in [0.15, 0.2) is 11.6 Å². The lowest BCUT2D eigenvalue weighted by Crippen LogP contribution is -2.29. The first-order valence-electron chi connectivity index (χ1n) is 9.59. The van der Waals surface area contributed by atoms with E-state index in [4.69, 9.17) is 0 Å². The van der Waals surface area contributed by atoms with E-state index in [9.17, 15) is 32.1 Å². The van der Waals surface area contributed by atoms with Crippen LogP contribution in [-0.4, -0.2) is 31.2 Å². The van der Waals surface area contributed by atoms with Gasteiger partial charge in [-0.25, -0.2) is 17.2 Å². The first-order valence-corrected chi connectivity index (χ1v) is 11.1. The molecule has 3 aromatic rings. The Kier molecular flexibility index (Phi) is 6.73. The second-order valence-corrected chi connectivity index (χ2v) is 8.89. The van der Waals surface area contributed by atoms with Crippen molar-refractivity contribution in [1.82, 2.24) is 4.90 Å². The summed E-state index contributed by atoms with van der Waals surface area (Å²) in [4.78, 5) is 24.3. The minimum Gasteiger partial charge on any atom is -0.335 e. The number of anilines is 1. The summed E-state index contributed by atoms with van der Waals surface area (Å²) in [6, 6.07) is 13.2. The number of nitrogens with zero attached hydrogens (tertiary/aromatic N) is 2. The van der Waals surface area contributed by atoms with E-state index in [1.54, 1.807) is 20.0 Å². The molecule has 1 unspecified atom stereocenters. The maximum atomic E-state index is 13.4. The molecule has 1 amide bonds. The highest BCUT2D eigenvalue weighted by atomic mass is 32.2. The Balaban J connectivity index is 1.75. The summed E-state index contributed by atoms with van der Waals surface area (Å²) in [7, 11) is -2.62. The minimum absolute atomic E-state index is 0.0853. The van der Waals surface area contributed by atoms with Gasteiger partial charge in [0.05, 0.1) is 15.9 Å². The number of carbonyl (C=O) groups is 1. The third-order valence-electron chi connectivity index (χ3n) is 5.05. The molecule has 3 aromatic carbocycles. The number of non-ortho nitro benzene ring substituents is 1. The lowest BCUT2D eigenvalue weighted by Gasteiger charge is -2.25. The van der Waals surface area contributed by atoms with E-state index in [1.807, 2.05) is 0 Å². The molecule has 1 atom stereocenters. The number of carbonyl (C=O) groups excluding carboxylic acids is 1. The molecule has 11 heteroatoms. The van der Waals surface area contributed by atoms with Crippen LogP contribution in [0.2, 0.25) is 0 Å². The van der Waals surface area contributed by atoms with E-state index in [1.165, 1.54) is 47.4 Å². The van der Waals surface area contributed by atoms with Crippen LogP contribution in [0.4, 0.5) is 20.2 Å². The Morgan fingerprint density at radius 2 is 1.70 bits per heavy atom. The van der Waals surface area contributed by atoms with Crippen molar-refractivity contribution in [2.75, 3.05) is 11.8 Å². The molecule has 0 bridgehead atoms. The number of halogens is 2. The number of benzene rings is 3. The molecule has 0 spiro atoms. The summed E-state index contributed by atoms with van der Waals surface area (Å²) in [6.07, 6.45) is 0. The molecular formula is C22H19F2N3O5S. The third-order valence-corrected chi connectivity index (χ3v) is 6.43. The molecule has 1 N–H and O–H groups in total. The average molecular weight is 475 g/mol. The van der Waals surface area contributed by atoms with Crippen molar-refractivity contribution in [2.45, 2.75) is 17.9 Å². The summed E-state index contributed by atoms with van der Waals surface area (Å²) >= 11 is 0. The molecule has 3 rings (SSSR count). The van der Waals surface area contributed by atoms with Crippen LogP contribution < -0.4 is 4.72 Å². The summed E-state index contributed by atoms with van der Waals surface area (Å²) in [5.41, 5.74) is 0.866. The number of nitrogens with one attached hydrogen (secondary N) is 1. The zero-order valence-corrected chi connectivity index (χ0v) is 18.3. The predicted molar refractivity (Wildman–Crippen MR) is 117 cm³/mol. The minimum atomic E-state index is -4.17. The number of nitro benzene ring substituents is 1. The molecule has 0 radical (unpaired) electrons. The van der Waals surface area contributed by atoms with Crippen LogP contribution in [0.25, 0.3) is 0 Å². The zero-order valence-electron chi connectivity index (χ0n) is 17.5. The normalized spacial score (nSPS) is 12.1. The standard InChI is InChI=1S/C22H19F2N3O5S/c1-14(16-4-3-5-18(12-16)27(29)30)26(2)22(28)15-6-8-17(9-7-15)25-33(31,32)19-10-11-20(23)21(24)13-19/h3-14,25H,1-2H3. The lowest BCUT2D eigenvalue weighted by atomic mass is 10.1. The van der Waals surface area contributed by atoms with E-state index >= 15 is 0 Å². The second kappa shape index (κ2) is 9.33. The van der Waals surface area contributed by atoms with Crippen molar-refractivity contribution in [2.24, 2.45) is 0 Å². The maximum absolute atomic E-state index is 13.4. The first-order chi connectivity index (χ1) is 15.5. The molecule has 0 aliphatic heterocycles. The highest BCUT2D eigenvalue weighted by molar-refractivity contribution is 7.92. The molecule has 0 aromatic heterocycles. The third kappa shape index (κ3) is 5.32. The summed E-state index contributed by atoms with van der Waals surface area (Å²) in [5.74, 6) is -2.84. The van der Waals surface area contributed by atoms with Crippen LogP contribution in [0.3, 0.4) is 0 Å². The SMILES string of the molecule is CC(c1cccc([N+](=O)[O-])c1)N(C)C(=O)c1ccc(NS(=O)(=O)c2ccc(F)c(F)c2)cc1. The van der Waals surface area contributed by atoms with Gasteiger partial charge in [-0.05, 0) is 55.0 Å². The molecule has 0 fully saturated rings. The highest BCUT2D eigenvalue weighted by Crippen LogP contribution is 2.25. The molecule has 0 aliphatic rings. The Labute approximate surface area is 188 Å². The van der Waals surface area contributed by atoms with Crippen LogP contribution in [0, 0.1) is 21.7 Å². The summed E-state index contributed by atoms with van der Waals surface area (Å²) in [6.45, 7) is 1.72. The van der Waals surface area contributed by atoms with Gasteiger partial charge in [0.1, 0.15) is 0 Å². The van der Waals surface area contributed by atoms with Gasteiger partial charge in [-0.1, -0.05) is 12.1 Å². The van der Waals surface area contributed by atoms with Gasteiger partial charge >= 0.3 is 0 Å². The Hall–Kier alpha value is -3.86. The molecule has 33 heavy (non-hydrogen) atoms. The van der Waals surface area contributed by atoms with Gasteiger partial charge in [-0.15, -0.1) is 0 Å². The second-order valence-electron chi connectivity index (χ2n) is 7.20. The summed E-state index contributed by atoms with van der Waals surface area (Å²) in [5, 5.41) is 11.0. The monoisotopic (exact) mass is 475 g/mol. The Morgan fingerprint density at radius 1 is 1.03 bits per heavy atom. The van der Waals surface area contributed by atoms with Crippen molar-refractivity contribution in [3.63, 3.8) is 0 Å². The number of amides is 1. The number of rotatable bonds is 7. The van der Waals surface area contributed by atoms with E-state index in [0.29, 0.717) is 17.7 Å². The molecule has 0 heterocycles. The van der Waals surface area contributed by atoms with Crippen molar-refractivity contribution < 1.29 is 26.9 Å². The smallest absolute Gasteiger partial charge is 0.269 e. The fraction of sp³-hybridized carbons (Fsp3) is 0.136. The van der Waals surface area contributed by atoms with Crippen molar-refractivity contribution >= 4 is 27.3 Å². The van der Waals surface area contributed by atoms with Crippen molar-refractivity contribution in [3.05, 3.63) is 99.6 Å².